The first-order chi connectivity index (χ1) is 9.43. The number of aromatic nitrogens is 4. The molecule has 10 heteroatoms. The molecular formula is C10H9F3N4O2S. The number of halogens is 3. The average Bonchev–Trinajstić information content (AvgIpc) is 2.98. The third kappa shape index (κ3) is 2.95. The van der Waals surface area contributed by atoms with Crippen LogP contribution in [-0.4, -0.2) is 32.6 Å². The van der Waals surface area contributed by atoms with E-state index in [2.05, 4.69) is 20.0 Å². The van der Waals surface area contributed by atoms with E-state index in [1.165, 1.54) is 23.8 Å². The van der Waals surface area contributed by atoms with Crippen LogP contribution in [0.25, 0.3) is 0 Å². The zero-order valence-corrected chi connectivity index (χ0v) is 11.0. The van der Waals surface area contributed by atoms with Gasteiger partial charge in [0.15, 0.2) is 5.69 Å². The van der Waals surface area contributed by atoms with Crippen LogP contribution >= 0.6 is 11.3 Å². The Labute approximate surface area is 115 Å². The first-order valence-electron chi connectivity index (χ1n) is 5.48. The first kappa shape index (κ1) is 14.4. The number of hydrogen-bond donors (Lipinski definition) is 0. The van der Waals surface area contributed by atoms with Crippen molar-refractivity contribution in [1.29, 1.82) is 0 Å². The molecule has 0 spiro atoms. The lowest BCUT2D eigenvalue weighted by molar-refractivity contribution is -0.144. The quantitative estimate of drug-likeness (QED) is 0.808. The summed E-state index contributed by atoms with van der Waals surface area (Å²) in [6.07, 6.45) is -4.76. The van der Waals surface area contributed by atoms with Gasteiger partial charge in [-0.3, -0.25) is 0 Å². The van der Waals surface area contributed by atoms with E-state index in [0.717, 1.165) is 0 Å². The van der Waals surface area contributed by atoms with Gasteiger partial charge in [0.05, 0.1) is 24.4 Å². The summed E-state index contributed by atoms with van der Waals surface area (Å²) in [5.41, 5.74) is -0.175. The lowest BCUT2D eigenvalue weighted by Crippen LogP contribution is -2.20. The number of ether oxygens (including phenoxy) is 1. The molecule has 2 aromatic rings. The molecule has 0 atom stereocenters. The van der Waals surface area contributed by atoms with Crippen molar-refractivity contribution in [2.45, 2.75) is 19.6 Å². The number of esters is 1. The molecule has 0 bridgehead atoms. The molecule has 0 saturated carbocycles. The summed E-state index contributed by atoms with van der Waals surface area (Å²) in [4.78, 5) is 15.3. The SMILES string of the molecule is CCOC(=O)c1nnn(Cc2cscn2)c1C(F)(F)F. The van der Waals surface area contributed by atoms with Gasteiger partial charge >= 0.3 is 12.1 Å². The molecule has 0 radical (unpaired) electrons. The third-order valence-electron chi connectivity index (χ3n) is 2.27. The topological polar surface area (TPSA) is 69.9 Å². The summed E-state index contributed by atoms with van der Waals surface area (Å²) in [6, 6.07) is 0. The lowest BCUT2D eigenvalue weighted by atomic mass is 10.3. The summed E-state index contributed by atoms with van der Waals surface area (Å²) < 4.78 is 44.3. The molecule has 2 heterocycles. The standard InChI is InChI=1S/C10H9F3N4O2S/c1-2-19-9(18)7-8(10(11,12)13)17(16-15-7)3-6-4-20-5-14-6/h4-5H,2-3H2,1H3. The van der Waals surface area contributed by atoms with E-state index in [-0.39, 0.29) is 13.2 Å². The number of carbonyl (C=O) groups is 1. The second-order valence-electron chi connectivity index (χ2n) is 3.64. The van der Waals surface area contributed by atoms with Gasteiger partial charge in [-0.15, -0.1) is 16.4 Å². The Morgan fingerprint density at radius 2 is 2.25 bits per heavy atom. The van der Waals surface area contributed by atoms with Gasteiger partial charge in [0.2, 0.25) is 5.69 Å². The van der Waals surface area contributed by atoms with Crippen LogP contribution in [0.2, 0.25) is 0 Å². The first-order valence-corrected chi connectivity index (χ1v) is 6.42. The number of rotatable bonds is 4. The minimum Gasteiger partial charge on any atom is -0.461 e. The highest BCUT2D eigenvalue weighted by Crippen LogP contribution is 2.31. The maximum absolute atomic E-state index is 13.0. The van der Waals surface area contributed by atoms with Gasteiger partial charge in [0.1, 0.15) is 0 Å². The summed E-state index contributed by atoms with van der Waals surface area (Å²) in [7, 11) is 0. The third-order valence-corrected chi connectivity index (χ3v) is 2.90. The zero-order valence-electron chi connectivity index (χ0n) is 10.2. The zero-order chi connectivity index (χ0) is 14.8. The summed E-state index contributed by atoms with van der Waals surface area (Å²) in [5.74, 6) is -1.15. The van der Waals surface area contributed by atoms with Gasteiger partial charge in [-0.25, -0.2) is 14.5 Å². The fourth-order valence-electron chi connectivity index (χ4n) is 1.51. The maximum atomic E-state index is 13.0. The second-order valence-corrected chi connectivity index (χ2v) is 4.36. The van der Waals surface area contributed by atoms with E-state index in [1.54, 1.807) is 5.38 Å². The smallest absolute Gasteiger partial charge is 0.435 e. The predicted molar refractivity (Wildman–Crippen MR) is 62.2 cm³/mol. The Bertz CT molecular complexity index is 594. The van der Waals surface area contributed by atoms with Crippen molar-refractivity contribution in [3.8, 4) is 0 Å². The largest absolute Gasteiger partial charge is 0.461 e. The highest BCUT2D eigenvalue weighted by molar-refractivity contribution is 7.07. The molecule has 2 aromatic heterocycles. The van der Waals surface area contributed by atoms with E-state index in [1.807, 2.05) is 0 Å². The number of carbonyl (C=O) groups excluding carboxylic acids is 1. The Balaban J connectivity index is 2.40. The maximum Gasteiger partial charge on any atom is 0.435 e. The Morgan fingerprint density at radius 1 is 1.50 bits per heavy atom. The van der Waals surface area contributed by atoms with Crippen molar-refractivity contribution in [2.75, 3.05) is 6.61 Å². The van der Waals surface area contributed by atoms with E-state index in [9.17, 15) is 18.0 Å². The molecule has 0 fully saturated rings. The highest BCUT2D eigenvalue weighted by Gasteiger charge is 2.42. The number of alkyl halides is 3. The van der Waals surface area contributed by atoms with E-state index in [0.29, 0.717) is 10.4 Å². The van der Waals surface area contributed by atoms with Crippen LogP contribution < -0.4 is 0 Å². The van der Waals surface area contributed by atoms with Gasteiger partial charge in [-0.05, 0) is 6.92 Å². The molecule has 0 aliphatic carbocycles. The minimum absolute atomic E-state index is 0.0466. The molecular weight excluding hydrogens is 297 g/mol. The van der Waals surface area contributed by atoms with Crippen LogP contribution in [0.1, 0.15) is 28.8 Å². The minimum atomic E-state index is -4.76. The second kappa shape index (κ2) is 5.57. The van der Waals surface area contributed by atoms with Crippen LogP contribution in [0.15, 0.2) is 10.9 Å². The van der Waals surface area contributed by atoms with Crippen LogP contribution in [-0.2, 0) is 17.5 Å². The van der Waals surface area contributed by atoms with Crippen LogP contribution in [0, 0.1) is 0 Å². The van der Waals surface area contributed by atoms with E-state index in [4.69, 9.17) is 0 Å². The van der Waals surface area contributed by atoms with Crippen LogP contribution in [0.5, 0.6) is 0 Å². The number of nitrogens with zero attached hydrogens (tertiary/aromatic N) is 4. The van der Waals surface area contributed by atoms with Gasteiger partial charge < -0.3 is 4.74 Å². The average molecular weight is 306 g/mol. The van der Waals surface area contributed by atoms with E-state index >= 15 is 0 Å². The van der Waals surface area contributed by atoms with Crippen LogP contribution in [0.4, 0.5) is 13.2 Å². The van der Waals surface area contributed by atoms with Crippen molar-refractivity contribution in [3.63, 3.8) is 0 Å². The van der Waals surface area contributed by atoms with Crippen molar-refractivity contribution in [3.05, 3.63) is 28.0 Å². The molecule has 0 amide bonds. The summed E-state index contributed by atoms with van der Waals surface area (Å²) in [6.45, 7) is 1.23. The molecule has 2 rings (SSSR count). The molecule has 0 N–H and O–H groups in total. The van der Waals surface area contributed by atoms with E-state index < -0.39 is 23.5 Å². The van der Waals surface area contributed by atoms with Crippen molar-refractivity contribution in [2.24, 2.45) is 0 Å². The Morgan fingerprint density at radius 3 is 2.80 bits per heavy atom. The molecule has 0 aliphatic heterocycles. The molecule has 108 valence electrons. The Hall–Kier alpha value is -1.97. The molecule has 6 nitrogen and oxygen atoms in total. The highest BCUT2D eigenvalue weighted by atomic mass is 32.1. The lowest BCUT2D eigenvalue weighted by Gasteiger charge is -2.09. The summed E-state index contributed by atoms with van der Waals surface area (Å²) >= 11 is 1.25. The van der Waals surface area contributed by atoms with Crippen molar-refractivity contribution in [1.82, 2.24) is 20.0 Å². The molecule has 0 unspecified atom stereocenters. The van der Waals surface area contributed by atoms with Gasteiger partial charge in [0, 0.05) is 5.38 Å². The van der Waals surface area contributed by atoms with Gasteiger partial charge in [0.25, 0.3) is 0 Å². The normalized spacial score (nSPS) is 11.6. The van der Waals surface area contributed by atoms with Gasteiger partial charge in [-0.1, -0.05) is 5.21 Å². The fourth-order valence-corrected chi connectivity index (χ4v) is 2.06. The molecule has 0 aliphatic rings. The van der Waals surface area contributed by atoms with Crippen LogP contribution in [0.3, 0.4) is 0 Å². The Kier molecular flexibility index (Phi) is 4.02. The fraction of sp³-hybridized carbons (Fsp3) is 0.400. The predicted octanol–water partition coefficient (Wildman–Crippen LogP) is 1.98. The summed E-state index contributed by atoms with van der Waals surface area (Å²) in [5, 5.41) is 8.24. The van der Waals surface area contributed by atoms with Crippen molar-refractivity contribution >= 4 is 17.3 Å². The monoisotopic (exact) mass is 306 g/mol. The number of thiazole rings is 1. The van der Waals surface area contributed by atoms with Gasteiger partial charge in [-0.2, -0.15) is 13.2 Å². The number of hydrogen-bond acceptors (Lipinski definition) is 6. The molecule has 0 saturated heterocycles. The molecule has 0 aromatic carbocycles. The molecule has 20 heavy (non-hydrogen) atoms. The van der Waals surface area contributed by atoms with Crippen molar-refractivity contribution < 1.29 is 22.7 Å².